The van der Waals surface area contributed by atoms with Gasteiger partial charge in [0.2, 0.25) is 5.43 Å². The van der Waals surface area contributed by atoms with Gasteiger partial charge in [-0.15, -0.1) is 0 Å². The number of rotatable bonds is 7. The Kier molecular flexibility index (Phi) is 5.74. The van der Waals surface area contributed by atoms with Crippen molar-refractivity contribution >= 4 is 17.2 Å². The Morgan fingerprint density at radius 2 is 2.36 bits per heavy atom. The Morgan fingerprint density at radius 1 is 1.55 bits per heavy atom. The maximum atomic E-state index is 12.0. The van der Waals surface area contributed by atoms with E-state index in [1.54, 1.807) is 11.3 Å². The number of H-pyrrole nitrogens is 1. The molecule has 2 aromatic heterocycles. The number of carbonyl (C=O) groups excluding carboxylic acids is 1. The Morgan fingerprint density at radius 3 is 2.95 bits per heavy atom. The van der Waals surface area contributed by atoms with E-state index in [1.807, 2.05) is 16.8 Å². The Hall–Kier alpha value is -2.12. The molecule has 0 aliphatic carbocycles. The first-order valence-electron chi connectivity index (χ1n) is 6.81. The van der Waals surface area contributed by atoms with Crippen LogP contribution < -0.4 is 15.5 Å². The fourth-order valence-electron chi connectivity index (χ4n) is 2.02. The highest BCUT2D eigenvalue weighted by Gasteiger charge is 2.13. The predicted molar refractivity (Wildman–Crippen MR) is 84.5 cm³/mol. The summed E-state index contributed by atoms with van der Waals surface area (Å²) in [7, 11) is 1.39. The summed E-state index contributed by atoms with van der Waals surface area (Å²) in [5.41, 5.74) is 0.942. The van der Waals surface area contributed by atoms with E-state index < -0.39 is 0 Å². The van der Waals surface area contributed by atoms with Crippen molar-refractivity contribution in [1.82, 2.24) is 10.3 Å². The summed E-state index contributed by atoms with van der Waals surface area (Å²) in [6, 6.07) is 3.19. The van der Waals surface area contributed by atoms with Gasteiger partial charge < -0.3 is 20.1 Å². The number of aromatic amines is 1. The van der Waals surface area contributed by atoms with Crippen molar-refractivity contribution < 1.29 is 14.6 Å². The zero-order chi connectivity index (χ0) is 15.9. The summed E-state index contributed by atoms with van der Waals surface area (Å²) in [4.78, 5) is 26.4. The summed E-state index contributed by atoms with van der Waals surface area (Å²) in [6.45, 7) is 0.314. The van der Waals surface area contributed by atoms with Crippen LogP contribution in [-0.2, 0) is 6.42 Å². The number of carbonyl (C=O) groups is 1. The normalized spacial score (nSPS) is 11.9. The zero-order valence-corrected chi connectivity index (χ0v) is 13.0. The highest BCUT2D eigenvalue weighted by molar-refractivity contribution is 7.07. The molecule has 2 heterocycles. The maximum absolute atomic E-state index is 12.0. The lowest BCUT2D eigenvalue weighted by Gasteiger charge is -2.14. The smallest absolute Gasteiger partial charge is 0.267 e. The molecular weight excluding hydrogens is 304 g/mol. The van der Waals surface area contributed by atoms with Gasteiger partial charge in [0.25, 0.3) is 5.91 Å². The van der Waals surface area contributed by atoms with Crippen molar-refractivity contribution in [2.45, 2.75) is 6.42 Å². The van der Waals surface area contributed by atoms with Crippen LogP contribution in [0.2, 0.25) is 0 Å². The SMILES string of the molecule is COc1c[nH]c(C(=O)NCC(CO)Cc2ccsc2)cc1=O. The number of hydrogen-bond donors (Lipinski definition) is 3. The third-order valence-electron chi connectivity index (χ3n) is 3.26. The topological polar surface area (TPSA) is 91.4 Å². The van der Waals surface area contributed by atoms with Crippen LogP contribution in [0.3, 0.4) is 0 Å². The van der Waals surface area contributed by atoms with E-state index in [0.29, 0.717) is 13.0 Å². The van der Waals surface area contributed by atoms with E-state index in [4.69, 9.17) is 4.74 Å². The van der Waals surface area contributed by atoms with E-state index in [9.17, 15) is 14.7 Å². The van der Waals surface area contributed by atoms with Crippen LogP contribution in [0.4, 0.5) is 0 Å². The molecule has 0 aliphatic heterocycles. The lowest BCUT2D eigenvalue weighted by atomic mass is 10.0. The molecule has 3 N–H and O–H groups in total. The quantitative estimate of drug-likeness (QED) is 0.710. The van der Waals surface area contributed by atoms with Gasteiger partial charge in [-0.05, 0) is 28.8 Å². The lowest BCUT2D eigenvalue weighted by molar-refractivity contribution is 0.0935. The largest absolute Gasteiger partial charge is 0.491 e. The second-order valence-electron chi connectivity index (χ2n) is 4.87. The number of methoxy groups -OCH3 is 1. The van der Waals surface area contributed by atoms with Crippen LogP contribution in [0, 0.1) is 5.92 Å². The summed E-state index contributed by atoms with van der Waals surface area (Å²) in [5, 5.41) is 16.1. The van der Waals surface area contributed by atoms with Gasteiger partial charge in [-0.1, -0.05) is 0 Å². The number of thiophene rings is 1. The number of nitrogens with one attached hydrogen (secondary N) is 2. The number of aromatic nitrogens is 1. The van der Waals surface area contributed by atoms with Crippen molar-refractivity contribution in [2.75, 3.05) is 20.3 Å². The molecule has 22 heavy (non-hydrogen) atoms. The lowest BCUT2D eigenvalue weighted by Crippen LogP contribution is -2.32. The molecule has 1 amide bonds. The molecule has 0 radical (unpaired) electrons. The molecular formula is C15H18N2O4S. The molecule has 0 saturated heterocycles. The molecule has 0 fully saturated rings. The van der Waals surface area contributed by atoms with Gasteiger partial charge in [0.1, 0.15) is 5.69 Å². The van der Waals surface area contributed by atoms with Gasteiger partial charge in [0.15, 0.2) is 5.75 Å². The van der Waals surface area contributed by atoms with Crippen LogP contribution in [0.15, 0.2) is 33.9 Å². The monoisotopic (exact) mass is 322 g/mol. The number of hydrogen-bond acceptors (Lipinski definition) is 5. The minimum absolute atomic E-state index is 0.0186. The van der Waals surface area contributed by atoms with Gasteiger partial charge in [-0.3, -0.25) is 9.59 Å². The van der Waals surface area contributed by atoms with Crippen molar-refractivity contribution in [3.63, 3.8) is 0 Å². The molecule has 1 unspecified atom stereocenters. The molecule has 118 valence electrons. The first-order valence-corrected chi connectivity index (χ1v) is 7.75. The second kappa shape index (κ2) is 7.77. The highest BCUT2D eigenvalue weighted by Crippen LogP contribution is 2.12. The van der Waals surface area contributed by atoms with Gasteiger partial charge in [0, 0.05) is 31.3 Å². The average molecular weight is 322 g/mol. The molecule has 0 saturated carbocycles. The molecule has 7 heteroatoms. The molecule has 0 aromatic carbocycles. The van der Waals surface area contributed by atoms with E-state index in [1.165, 1.54) is 19.4 Å². The van der Waals surface area contributed by atoms with E-state index >= 15 is 0 Å². The van der Waals surface area contributed by atoms with E-state index in [0.717, 1.165) is 5.56 Å². The van der Waals surface area contributed by atoms with E-state index in [2.05, 4.69) is 10.3 Å². The second-order valence-corrected chi connectivity index (χ2v) is 5.65. The van der Waals surface area contributed by atoms with Gasteiger partial charge in [-0.2, -0.15) is 11.3 Å². The third-order valence-corrected chi connectivity index (χ3v) is 3.99. The van der Waals surface area contributed by atoms with Crippen molar-refractivity contribution in [2.24, 2.45) is 5.92 Å². The Labute approximate surface area is 131 Å². The fraction of sp³-hybridized carbons (Fsp3) is 0.333. The summed E-state index contributed by atoms with van der Waals surface area (Å²) < 4.78 is 4.85. The van der Waals surface area contributed by atoms with Crippen LogP contribution in [0.5, 0.6) is 5.75 Å². The number of amides is 1. The Balaban J connectivity index is 1.93. The minimum Gasteiger partial charge on any atom is -0.491 e. The average Bonchev–Trinajstić information content (AvgIpc) is 3.03. The number of aliphatic hydroxyl groups is 1. The first-order chi connectivity index (χ1) is 10.6. The summed E-state index contributed by atoms with van der Waals surface area (Å²) in [5.74, 6) is -0.297. The molecule has 2 rings (SSSR count). The molecule has 2 aromatic rings. The molecule has 0 aliphatic rings. The number of aliphatic hydroxyl groups excluding tert-OH is 1. The molecule has 6 nitrogen and oxygen atoms in total. The number of ether oxygens (including phenoxy) is 1. The summed E-state index contributed by atoms with van der Waals surface area (Å²) >= 11 is 1.60. The summed E-state index contributed by atoms with van der Waals surface area (Å²) in [6.07, 6.45) is 2.05. The van der Waals surface area contributed by atoms with Crippen molar-refractivity contribution in [3.05, 3.63) is 50.6 Å². The van der Waals surface area contributed by atoms with Crippen molar-refractivity contribution in [1.29, 1.82) is 0 Å². The zero-order valence-electron chi connectivity index (χ0n) is 12.2. The molecule has 0 bridgehead atoms. The van der Waals surface area contributed by atoms with Crippen LogP contribution in [0.1, 0.15) is 16.1 Å². The van der Waals surface area contributed by atoms with Crippen molar-refractivity contribution in [3.8, 4) is 5.75 Å². The Bertz CT molecular complexity index is 666. The van der Waals surface area contributed by atoms with Crippen LogP contribution in [-0.4, -0.2) is 36.3 Å². The first kappa shape index (κ1) is 16.3. The molecule has 1 atom stereocenters. The van der Waals surface area contributed by atoms with E-state index in [-0.39, 0.29) is 35.3 Å². The standard InChI is InChI=1S/C15H18N2O4S/c1-21-14-7-16-12(5-13(14)19)15(20)17-6-11(8-18)4-10-2-3-22-9-10/h2-3,5,7,9,11,18H,4,6,8H2,1H3,(H,16,19)(H,17,20). The third kappa shape index (κ3) is 4.19. The molecule has 0 spiro atoms. The predicted octanol–water partition coefficient (Wildman–Crippen LogP) is 1.03. The van der Waals surface area contributed by atoms with Gasteiger partial charge in [0.05, 0.1) is 7.11 Å². The fourth-order valence-corrected chi connectivity index (χ4v) is 2.71. The van der Waals surface area contributed by atoms with Gasteiger partial charge in [-0.25, -0.2) is 0 Å². The minimum atomic E-state index is -0.386. The van der Waals surface area contributed by atoms with Crippen LogP contribution >= 0.6 is 11.3 Å². The highest BCUT2D eigenvalue weighted by atomic mass is 32.1. The van der Waals surface area contributed by atoms with Crippen LogP contribution in [0.25, 0.3) is 0 Å². The maximum Gasteiger partial charge on any atom is 0.267 e. The van der Waals surface area contributed by atoms with Gasteiger partial charge >= 0.3 is 0 Å². The number of pyridine rings is 1.